The van der Waals surface area contributed by atoms with Gasteiger partial charge in [-0.25, -0.2) is 4.90 Å². The Bertz CT molecular complexity index is 494. The van der Waals surface area contributed by atoms with Crippen LogP contribution in [-0.4, -0.2) is 12.2 Å². The van der Waals surface area contributed by atoms with E-state index >= 15 is 0 Å². The fourth-order valence-corrected chi connectivity index (χ4v) is 2.31. The summed E-state index contributed by atoms with van der Waals surface area (Å²) >= 11 is 0. The monoisotopic (exact) mass is 283 g/mol. The molecule has 1 aliphatic carbocycles. The number of amides is 1. The van der Waals surface area contributed by atoms with E-state index in [0.29, 0.717) is 12.8 Å². The molecule has 0 N–H and O–H groups in total. The van der Waals surface area contributed by atoms with Crippen molar-refractivity contribution in [3.8, 4) is 0 Å². The molecule has 0 heterocycles. The summed E-state index contributed by atoms with van der Waals surface area (Å²) in [4.78, 5) is 12.2. The third-order valence-electron chi connectivity index (χ3n) is 3.29. The number of alkyl halides is 3. The minimum atomic E-state index is -4.72. The molecule has 0 fully saturated rings. The van der Waals surface area contributed by atoms with Crippen LogP contribution in [0.2, 0.25) is 0 Å². The SMILES string of the molecule is O=C(C1=CCCCCC1)N(c1ccccc1)C(F)(F)F. The maximum absolute atomic E-state index is 13.2. The fraction of sp³-hybridized carbons (Fsp3) is 0.400. The predicted molar refractivity (Wildman–Crippen MR) is 71.2 cm³/mol. The minimum Gasteiger partial charge on any atom is -0.269 e. The average Bonchev–Trinajstić information content (AvgIpc) is 2.67. The van der Waals surface area contributed by atoms with Crippen molar-refractivity contribution in [1.29, 1.82) is 0 Å². The lowest BCUT2D eigenvalue weighted by atomic mass is 10.1. The molecule has 0 radical (unpaired) electrons. The molecule has 20 heavy (non-hydrogen) atoms. The van der Waals surface area contributed by atoms with Gasteiger partial charge in [0.1, 0.15) is 0 Å². The first-order valence-electron chi connectivity index (χ1n) is 6.65. The molecule has 5 heteroatoms. The van der Waals surface area contributed by atoms with Gasteiger partial charge in [0, 0.05) is 5.57 Å². The number of carbonyl (C=O) groups excluding carboxylic acids is 1. The molecule has 2 nitrogen and oxygen atoms in total. The van der Waals surface area contributed by atoms with Gasteiger partial charge in [0.2, 0.25) is 0 Å². The van der Waals surface area contributed by atoms with E-state index < -0.39 is 12.2 Å². The van der Waals surface area contributed by atoms with E-state index in [2.05, 4.69) is 0 Å². The third kappa shape index (κ3) is 3.40. The first-order valence-corrected chi connectivity index (χ1v) is 6.65. The van der Waals surface area contributed by atoms with Gasteiger partial charge in [0.05, 0.1) is 5.69 Å². The number of carbonyl (C=O) groups is 1. The van der Waals surface area contributed by atoms with Crippen LogP contribution < -0.4 is 4.90 Å². The lowest BCUT2D eigenvalue weighted by Gasteiger charge is -2.26. The van der Waals surface area contributed by atoms with Gasteiger partial charge in [-0.1, -0.05) is 30.7 Å². The summed E-state index contributed by atoms with van der Waals surface area (Å²) in [5.41, 5.74) is 0.124. The van der Waals surface area contributed by atoms with Crippen molar-refractivity contribution in [2.75, 3.05) is 4.90 Å². The largest absolute Gasteiger partial charge is 0.491 e. The van der Waals surface area contributed by atoms with Gasteiger partial charge in [-0.2, -0.15) is 0 Å². The highest BCUT2D eigenvalue weighted by Crippen LogP contribution is 2.31. The normalized spacial score (nSPS) is 16.2. The number of benzene rings is 1. The topological polar surface area (TPSA) is 20.3 Å². The number of nitrogens with zero attached hydrogens (tertiary/aromatic N) is 1. The Morgan fingerprint density at radius 1 is 1.05 bits per heavy atom. The molecule has 0 aromatic heterocycles. The Kier molecular flexibility index (Phi) is 4.47. The summed E-state index contributed by atoms with van der Waals surface area (Å²) in [6.07, 6.45) is 0.652. The van der Waals surface area contributed by atoms with Crippen LogP contribution >= 0.6 is 0 Å². The molecule has 0 unspecified atom stereocenters. The number of allylic oxidation sites excluding steroid dienone is 1. The lowest BCUT2D eigenvalue weighted by molar-refractivity contribution is -0.147. The summed E-state index contributed by atoms with van der Waals surface area (Å²) in [5, 5.41) is 0. The number of hydrogen-bond acceptors (Lipinski definition) is 1. The first-order chi connectivity index (χ1) is 9.50. The number of halogens is 3. The van der Waals surface area contributed by atoms with Crippen LogP contribution in [0.1, 0.15) is 32.1 Å². The number of para-hydroxylation sites is 1. The Hall–Kier alpha value is -1.78. The summed E-state index contributed by atoms with van der Waals surface area (Å²) < 4.78 is 39.6. The zero-order valence-corrected chi connectivity index (χ0v) is 11.0. The molecular weight excluding hydrogens is 267 g/mol. The zero-order chi connectivity index (χ0) is 14.6. The Morgan fingerprint density at radius 2 is 1.75 bits per heavy atom. The van der Waals surface area contributed by atoms with Crippen LogP contribution in [0.3, 0.4) is 0 Å². The molecule has 0 aliphatic heterocycles. The molecule has 1 amide bonds. The fourth-order valence-electron chi connectivity index (χ4n) is 2.31. The molecule has 1 aliphatic rings. The van der Waals surface area contributed by atoms with Gasteiger partial charge in [-0.05, 0) is 37.8 Å². The van der Waals surface area contributed by atoms with Crippen molar-refractivity contribution in [3.05, 3.63) is 42.0 Å². The highest BCUT2D eigenvalue weighted by molar-refractivity contribution is 6.06. The molecular formula is C15H16F3NO. The maximum atomic E-state index is 13.2. The van der Waals surface area contributed by atoms with Gasteiger partial charge in [-0.3, -0.25) is 4.79 Å². The second kappa shape index (κ2) is 6.11. The van der Waals surface area contributed by atoms with Crippen molar-refractivity contribution in [2.45, 2.75) is 38.4 Å². The standard InChI is InChI=1S/C15H16F3NO/c16-15(17,18)19(13-10-6-3-7-11-13)14(20)12-8-4-1-2-5-9-12/h3,6-8,10-11H,1-2,4-5,9H2. The van der Waals surface area contributed by atoms with Gasteiger partial charge in [0.15, 0.2) is 0 Å². The molecule has 2 rings (SSSR count). The van der Waals surface area contributed by atoms with Crippen LogP contribution in [-0.2, 0) is 4.79 Å². The van der Waals surface area contributed by atoms with Crippen LogP contribution in [0, 0.1) is 0 Å². The molecule has 0 atom stereocenters. The quantitative estimate of drug-likeness (QED) is 0.735. The summed E-state index contributed by atoms with van der Waals surface area (Å²) in [5.74, 6) is -0.953. The second-order valence-electron chi connectivity index (χ2n) is 4.77. The lowest BCUT2D eigenvalue weighted by Crippen LogP contribution is -2.43. The van der Waals surface area contributed by atoms with Crippen molar-refractivity contribution in [1.82, 2.24) is 0 Å². The number of rotatable bonds is 2. The van der Waals surface area contributed by atoms with Gasteiger partial charge in [-0.15, -0.1) is 13.2 Å². The van der Waals surface area contributed by atoms with Crippen molar-refractivity contribution < 1.29 is 18.0 Å². The molecule has 1 aromatic carbocycles. The minimum absolute atomic E-state index is 0.0653. The van der Waals surface area contributed by atoms with Crippen LogP contribution in [0.4, 0.5) is 18.9 Å². The summed E-state index contributed by atoms with van der Waals surface area (Å²) in [6.45, 7) is 0. The van der Waals surface area contributed by atoms with Crippen LogP contribution in [0.5, 0.6) is 0 Å². The van der Waals surface area contributed by atoms with E-state index in [1.807, 2.05) is 0 Å². The molecule has 0 spiro atoms. The second-order valence-corrected chi connectivity index (χ2v) is 4.77. The molecule has 1 aromatic rings. The highest BCUT2D eigenvalue weighted by atomic mass is 19.4. The van der Waals surface area contributed by atoms with E-state index in [1.54, 1.807) is 12.1 Å². The summed E-state index contributed by atoms with van der Waals surface area (Å²) in [6, 6.07) is 7.18. The van der Waals surface area contributed by atoms with Crippen molar-refractivity contribution in [3.63, 3.8) is 0 Å². The highest BCUT2D eigenvalue weighted by Gasteiger charge is 2.43. The number of hydrogen-bond donors (Lipinski definition) is 0. The summed E-state index contributed by atoms with van der Waals surface area (Å²) in [7, 11) is 0. The zero-order valence-electron chi connectivity index (χ0n) is 11.0. The first kappa shape index (κ1) is 14.6. The number of anilines is 1. The van der Waals surface area contributed by atoms with E-state index in [-0.39, 0.29) is 16.2 Å². The van der Waals surface area contributed by atoms with E-state index in [9.17, 15) is 18.0 Å². The van der Waals surface area contributed by atoms with E-state index in [1.165, 1.54) is 24.3 Å². The van der Waals surface area contributed by atoms with Crippen molar-refractivity contribution >= 4 is 11.6 Å². The van der Waals surface area contributed by atoms with Gasteiger partial charge < -0.3 is 0 Å². The van der Waals surface area contributed by atoms with Crippen molar-refractivity contribution in [2.24, 2.45) is 0 Å². The van der Waals surface area contributed by atoms with Crippen LogP contribution in [0.15, 0.2) is 42.0 Å². The smallest absolute Gasteiger partial charge is 0.269 e. The molecule has 0 saturated carbocycles. The van der Waals surface area contributed by atoms with E-state index in [4.69, 9.17) is 0 Å². The Morgan fingerprint density at radius 3 is 2.40 bits per heavy atom. The third-order valence-corrected chi connectivity index (χ3v) is 3.29. The van der Waals surface area contributed by atoms with E-state index in [0.717, 1.165) is 19.3 Å². The molecule has 0 saturated heterocycles. The average molecular weight is 283 g/mol. The predicted octanol–water partition coefficient (Wildman–Crippen LogP) is 4.43. The molecule has 0 bridgehead atoms. The molecule has 108 valence electrons. The van der Waals surface area contributed by atoms with Gasteiger partial charge >= 0.3 is 6.30 Å². The Balaban J connectivity index is 2.32. The Labute approximate surface area is 115 Å². The van der Waals surface area contributed by atoms with Gasteiger partial charge in [0.25, 0.3) is 5.91 Å². The van der Waals surface area contributed by atoms with Crippen LogP contribution in [0.25, 0.3) is 0 Å². The maximum Gasteiger partial charge on any atom is 0.491 e.